The van der Waals surface area contributed by atoms with Gasteiger partial charge in [-0.05, 0) is 32.9 Å². The molecule has 3 aromatic heterocycles. The highest BCUT2D eigenvalue weighted by Gasteiger charge is 2.35. The van der Waals surface area contributed by atoms with E-state index in [4.69, 9.17) is 10.3 Å². The van der Waals surface area contributed by atoms with E-state index in [1.54, 1.807) is 26.0 Å². The van der Waals surface area contributed by atoms with Gasteiger partial charge in [-0.25, -0.2) is 9.98 Å². The smallest absolute Gasteiger partial charge is 0.275 e. The van der Waals surface area contributed by atoms with Gasteiger partial charge in [-0.2, -0.15) is 0 Å². The van der Waals surface area contributed by atoms with Gasteiger partial charge in [0, 0.05) is 11.9 Å². The summed E-state index contributed by atoms with van der Waals surface area (Å²) in [6, 6.07) is 3.28. The maximum atomic E-state index is 12.6. The number of nitrogens with one attached hydrogen (secondary N) is 2. The van der Waals surface area contributed by atoms with Crippen LogP contribution in [-0.4, -0.2) is 37.9 Å². The Morgan fingerprint density at radius 3 is 2.71 bits per heavy atom. The summed E-state index contributed by atoms with van der Waals surface area (Å²) in [4.78, 5) is 41.6. The average Bonchev–Trinajstić information content (AvgIpc) is 3.05. The van der Waals surface area contributed by atoms with Crippen molar-refractivity contribution < 1.29 is 14.1 Å². The third-order valence-electron chi connectivity index (χ3n) is 4.88. The molecule has 0 aromatic carbocycles. The summed E-state index contributed by atoms with van der Waals surface area (Å²) in [6.45, 7) is 5.35. The van der Waals surface area contributed by atoms with Gasteiger partial charge in [-0.15, -0.1) is 0 Å². The van der Waals surface area contributed by atoms with Gasteiger partial charge in [-0.3, -0.25) is 24.9 Å². The SMILES string of the molecule is Cc1noc(C)c1-c1cnc(C(=O)Nc2ccnc(C3(C)CC(=O)NC(N)=N3)c2)cn1. The number of aryl methyl sites for hydroxylation is 2. The van der Waals surface area contributed by atoms with Gasteiger partial charge >= 0.3 is 0 Å². The summed E-state index contributed by atoms with van der Waals surface area (Å²) < 4.78 is 5.14. The summed E-state index contributed by atoms with van der Waals surface area (Å²) in [5.41, 5.74) is 7.90. The lowest BCUT2D eigenvalue weighted by Crippen LogP contribution is -2.46. The maximum absolute atomic E-state index is 12.6. The highest BCUT2D eigenvalue weighted by Crippen LogP contribution is 2.31. The Morgan fingerprint density at radius 1 is 1.26 bits per heavy atom. The van der Waals surface area contributed by atoms with E-state index in [0.717, 1.165) is 5.56 Å². The van der Waals surface area contributed by atoms with Crippen LogP contribution in [0.2, 0.25) is 0 Å². The predicted octanol–water partition coefficient (Wildman–Crippen LogP) is 1.45. The minimum atomic E-state index is -0.928. The Labute approximate surface area is 177 Å². The molecule has 0 bridgehead atoms. The number of carbonyl (C=O) groups is 2. The number of rotatable bonds is 4. The summed E-state index contributed by atoms with van der Waals surface area (Å²) in [6.07, 6.45) is 4.50. The lowest BCUT2D eigenvalue weighted by atomic mass is 9.92. The summed E-state index contributed by atoms with van der Waals surface area (Å²) in [5.74, 6) is -0.0328. The van der Waals surface area contributed by atoms with Crippen LogP contribution < -0.4 is 16.4 Å². The van der Waals surface area contributed by atoms with E-state index in [0.29, 0.717) is 28.5 Å². The van der Waals surface area contributed by atoms with Gasteiger partial charge in [0.2, 0.25) is 5.91 Å². The van der Waals surface area contributed by atoms with Crippen molar-refractivity contribution in [2.45, 2.75) is 32.7 Å². The van der Waals surface area contributed by atoms with Crippen LogP contribution in [0, 0.1) is 13.8 Å². The first-order chi connectivity index (χ1) is 14.7. The molecule has 4 rings (SSSR count). The number of pyridine rings is 1. The van der Waals surface area contributed by atoms with Crippen molar-refractivity contribution in [1.82, 2.24) is 25.4 Å². The Bertz CT molecular complexity index is 1180. The molecule has 3 aromatic rings. The van der Waals surface area contributed by atoms with Crippen LogP contribution in [0.1, 0.15) is 41.0 Å². The second-order valence-electron chi connectivity index (χ2n) is 7.37. The minimum Gasteiger partial charge on any atom is -0.370 e. The van der Waals surface area contributed by atoms with E-state index in [1.165, 1.54) is 18.6 Å². The van der Waals surface area contributed by atoms with Crippen LogP contribution in [0.25, 0.3) is 11.3 Å². The number of nitrogens with two attached hydrogens (primary N) is 1. The lowest BCUT2D eigenvalue weighted by molar-refractivity contribution is -0.121. The van der Waals surface area contributed by atoms with E-state index < -0.39 is 11.4 Å². The van der Waals surface area contributed by atoms with Crippen molar-refractivity contribution >= 4 is 23.5 Å². The molecule has 0 radical (unpaired) electrons. The molecular weight excluding hydrogens is 400 g/mol. The maximum Gasteiger partial charge on any atom is 0.275 e. The second-order valence-corrected chi connectivity index (χ2v) is 7.37. The molecule has 0 saturated heterocycles. The highest BCUT2D eigenvalue weighted by atomic mass is 16.5. The zero-order valence-electron chi connectivity index (χ0n) is 17.1. The predicted molar refractivity (Wildman–Crippen MR) is 111 cm³/mol. The van der Waals surface area contributed by atoms with Crippen molar-refractivity contribution in [3.05, 3.63) is 53.6 Å². The van der Waals surface area contributed by atoms with E-state index in [2.05, 4.69) is 35.7 Å². The first-order valence-electron chi connectivity index (χ1n) is 9.43. The van der Waals surface area contributed by atoms with E-state index in [-0.39, 0.29) is 24.0 Å². The molecule has 31 heavy (non-hydrogen) atoms. The van der Waals surface area contributed by atoms with Gasteiger partial charge in [-0.1, -0.05) is 5.16 Å². The Kier molecular flexibility index (Phi) is 4.93. The molecule has 1 unspecified atom stereocenters. The van der Waals surface area contributed by atoms with Crippen molar-refractivity contribution in [3.8, 4) is 11.3 Å². The number of guanidine groups is 1. The lowest BCUT2D eigenvalue weighted by Gasteiger charge is -2.28. The fraction of sp³-hybridized carbons (Fsp3) is 0.250. The summed E-state index contributed by atoms with van der Waals surface area (Å²) >= 11 is 0. The van der Waals surface area contributed by atoms with Gasteiger partial charge in [0.25, 0.3) is 5.91 Å². The monoisotopic (exact) mass is 420 g/mol. The van der Waals surface area contributed by atoms with Gasteiger partial charge in [0.05, 0.1) is 41.5 Å². The van der Waals surface area contributed by atoms with Gasteiger partial charge < -0.3 is 15.6 Å². The number of nitrogens with zero attached hydrogens (tertiary/aromatic N) is 5. The molecule has 0 spiro atoms. The third kappa shape index (κ3) is 3.97. The first-order valence-corrected chi connectivity index (χ1v) is 9.43. The van der Waals surface area contributed by atoms with Crippen LogP contribution in [0.4, 0.5) is 5.69 Å². The highest BCUT2D eigenvalue weighted by molar-refractivity contribution is 6.03. The molecule has 0 fully saturated rings. The van der Waals surface area contributed by atoms with Crippen LogP contribution >= 0.6 is 0 Å². The molecule has 11 nitrogen and oxygen atoms in total. The molecule has 11 heteroatoms. The molecule has 0 saturated carbocycles. The van der Waals surface area contributed by atoms with Crippen molar-refractivity contribution in [1.29, 1.82) is 0 Å². The third-order valence-corrected chi connectivity index (χ3v) is 4.88. The Balaban J connectivity index is 1.54. The van der Waals surface area contributed by atoms with E-state index in [9.17, 15) is 9.59 Å². The first kappa shape index (κ1) is 20.1. The molecular formula is C20H20N8O3. The second kappa shape index (κ2) is 7.59. The quantitative estimate of drug-likeness (QED) is 0.571. The average molecular weight is 420 g/mol. The molecule has 4 N–H and O–H groups in total. The molecule has 1 aliphatic heterocycles. The van der Waals surface area contributed by atoms with Crippen LogP contribution in [-0.2, 0) is 10.3 Å². The summed E-state index contributed by atoms with van der Waals surface area (Å²) in [5, 5.41) is 9.12. The summed E-state index contributed by atoms with van der Waals surface area (Å²) in [7, 11) is 0. The van der Waals surface area contributed by atoms with Crippen LogP contribution in [0.15, 0.2) is 40.2 Å². The number of aromatic nitrogens is 4. The number of hydrogen-bond donors (Lipinski definition) is 3. The van der Waals surface area contributed by atoms with Crippen molar-refractivity contribution in [2.24, 2.45) is 10.7 Å². The molecule has 0 aliphatic carbocycles. The molecule has 1 aliphatic rings. The van der Waals surface area contributed by atoms with Crippen LogP contribution in [0.3, 0.4) is 0 Å². The standard InChI is InChI=1S/C20H20N8O3/c1-10-17(11(2)31-28-10)13-8-24-14(9-23-13)18(30)25-12-4-5-22-15(6-12)20(3)7-16(29)26-19(21)27-20/h4-6,8-9H,7H2,1-3H3,(H,22,25,30)(H3,21,26,27,29). The topological polar surface area (TPSA) is 161 Å². The molecule has 1 atom stereocenters. The number of hydrogen-bond acceptors (Lipinski definition) is 9. The molecule has 2 amide bonds. The fourth-order valence-corrected chi connectivity index (χ4v) is 3.40. The molecule has 158 valence electrons. The number of anilines is 1. The Hall–Kier alpha value is -4.15. The largest absolute Gasteiger partial charge is 0.370 e. The van der Waals surface area contributed by atoms with Gasteiger partial charge in [0.15, 0.2) is 5.96 Å². The zero-order chi connectivity index (χ0) is 22.2. The zero-order valence-corrected chi connectivity index (χ0v) is 17.1. The van der Waals surface area contributed by atoms with Crippen molar-refractivity contribution in [2.75, 3.05) is 5.32 Å². The Morgan fingerprint density at radius 2 is 2.06 bits per heavy atom. The number of carbonyl (C=O) groups excluding carboxylic acids is 2. The number of aliphatic imine (C=N–C) groups is 1. The molecule has 4 heterocycles. The van der Waals surface area contributed by atoms with Crippen LogP contribution in [0.5, 0.6) is 0 Å². The van der Waals surface area contributed by atoms with Crippen molar-refractivity contribution in [3.63, 3.8) is 0 Å². The van der Waals surface area contributed by atoms with E-state index >= 15 is 0 Å². The fourth-order valence-electron chi connectivity index (χ4n) is 3.40. The van der Waals surface area contributed by atoms with E-state index in [1.807, 2.05) is 6.92 Å². The normalized spacial score (nSPS) is 18.3. The number of amides is 2. The minimum absolute atomic E-state index is 0.0312. The van der Waals surface area contributed by atoms with Gasteiger partial charge in [0.1, 0.15) is 17.0 Å².